The quantitative estimate of drug-likeness (QED) is 0.638. The molecule has 0 saturated carbocycles. The van der Waals surface area contributed by atoms with Crippen LogP contribution in [0.5, 0.6) is 5.75 Å². The van der Waals surface area contributed by atoms with Gasteiger partial charge in [-0.05, 0) is 75.4 Å². The molecule has 0 N–H and O–H groups in total. The summed E-state index contributed by atoms with van der Waals surface area (Å²) in [6.07, 6.45) is 1.99. The second kappa shape index (κ2) is 7.51. The first kappa shape index (κ1) is 16.6. The van der Waals surface area contributed by atoms with Gasteiger partial charge in [0, 0.05) is 16.6 Å². The van der Waals surface area contributed by atoms with E-state index in [0.29, 0.717) is 17.0 Å². The molecule has 0 fully saturated rings. The largest absolute Gasteiger partial charge is 0.483 e. The summed E-state index contributed by atoms with van der Waals surface area (Å²) in [5.74, 6) is 1.42. The van der Waals surface area contributed by atoms with E-state index in [1.54, 1.807) is 22.4 Å². The maximum atomic E-state index is 12.2. The maximum Gasteiger partial charge on any atom is 0.265 e. The number of rotatable bonds is 5. The molecule has 1 heterocycles. The summed E-state index contributed by atoms with van der Waals surface area (Å²) < 4.78 is 8.81. The number of thioether (sulfide) groups is 1. The van der Waals surface area contributed by atoms with Crippen molar-refractivity contribution < 1.29 is 4.74 Å². The van der Waals surface area contributed by atoms with Crippen LogP contribution in [-0.4, -0.2) is 16.8 Å². The van der Waals surface area contributed by atoms with E-state index < -0.39 is 0 Å². The van der Waals surface area contributed by atoms with E-state index in [2.05, 4.69) is 31.9 Å². The molecule has 0 bridgehead atoms. The van der Waals surface area contributed by atoms with E-state index in [9.17, 15) is 4.79 Å². The van der Waals surface area contributed by atoms with Gasteiger partial charge < -0.3 is 9.30 Å². The van der Waals surface area contributed by atoms with E-state index in [1.165, 1.54) is 0 Å². The zero-order chi connectivity index (χ0) is 15.4. The van der Waals surface area contributed by atoms with Gasteiger partial charge in [0.15, 0.2) is 0 Å². The summed E-state index contributed by atoms with van der Waals surface area (Å²) in [4.78, 5) is 12.2. The fourth-order valence-corrected chi connectivity index (χ4v) is 3.18. The molecule has 21 heavy (non-hydrogen) atoms. The standard InChI is InChI=1S/C15H15Br2NO2S/c1-3-18-14(7-6-12(16)15(18)19)11-5-4-10(8-13(11)17)20-9-21-2/h4-8H,3,9H2,1-2H3. The molecule has 1 aromatic heterocycles. The molecule has 1 aromatic carbocycles. The molecule has 0 aliphatic heterocycles. The lowest BCUT2D eigenvalue weighted by atomic mass is 10.1. The first-order valence-electron chi connectivity index (χ1n) is 6.39. The highest BCUT2D eigenvalue weighted by Crippen LogP contribution is 2.31. The topological polar surface area (TPSA) is 31.2 Å². The normalized spacial score (nSPS) is 10.7. The van der Waals surface area contributed by atoms with Crippen LogP contribution in [0.3, 0.4) is 0 Å². The lowest BCUT2D eigenvalue weighted by Gasteiger charge is -2.14. The van der Waals surface area contributed by atoms with Crippen molar-refractivity contribution in [3.63, 3.8) is 0 Å². The van der Waals surface area contributed by atoms with Crippen LogP contribution in [0.25, 0.3) is 11.3 Å². The molecular formula is C15H15Br2NO2S. The Kier molecular flexibility index (Phi) is 5.96. The van der Waals surface area contributed by atoms with Gasteiger partial charge in [-0.2, -0.15) is 0 Å². The average Bonchev–Trinajstić information content (AvgIpc) is 2.48. The van der Waals surface area contributed by atoms with Gasteiger partial charge in [-0.15, -0.1) is 11.8 Å². The van der Waals surface area contributed by atoms with Crippen LogP contribution in [0.2, 0.25) is 0 Å². The Balaban J connectivity index is 2.48. The van der Waals surface area contributed by atoms with Crippen LogP contribution in [0, 0.1) is 0 Å². The van der Waals surface area contributed by atoms with Gasteiger partial charge in [-0.1, -0.05) is 0 Å². The third-order valence-electron chi connectivity index (χ3n) is 3.00. The van der Waals surface area contributed by atoms with Gasteiger partial charge >= 0.3 is 0 Å². The van der Waals surface area contributed by atoms with Gasteiger partial charge in [0.1, 0.15) is 11.7 Å². The van der Waals surface area contributed by atoms with Gasteiger partial charge in [-0.3, -0.25) is 4.79 Å². The fourth-order valence-electron chi connectivity index (χ4n) is 2.02. The van der Waals surface area contributed by atoms with E-state index in [0.717, 1.165) is 21.5 Å². The van der Waals surface area contributed by atoms with Crippen molar-refractivity contribution in [1.29, 1.82) is 0 Å². The summed E-state index contributed by atoms with van der Waals surface area (Å²) >= 11 is 8.48. The third kappa shape index (κ3) is 3.73. The number of hydrogen-bond acceptors (Lipinski definition) is 3. The van der Waals surface area contributed by atoms with Crippen LogP contribution >= 0.6 is 43.6 Å². The van der Waals surface area contributed by atoms with Crippen molar-refractivity contribution in [1.82, 2.24) is 4.57 Å². The second-order valence-electron chi connectivity index (χ2n) is 4.31. The molecule has 0 spiro atoms. The zero-order valence-corrected chi connectivity index (χ0v) is 15.7. The van der Waals surface area contributed by atoms with E-state index in [1.807, 2.05) is 37.4 Å². The van der Waals surface area contributed by atoms with Gasteiger partial charge in [0.05, 0.1) is 10.2 Å². The third-order valence-corrected chi connectivity index (χ3v) is 4.62. The Labute approximate surface area is 145 Å². The molecule has 3 nitrogen and oxygen atoms in total. The molecule has 2 rings (SSSR count). The lowest BCUT2D eigenvalue weighted by molar-refractivity contribution is 0.393. The highest BCUT2D eigenvalue weighted by atomic mass is 79.9. The molecule has 0 saturated heterocycles. The number of benzene rings is 1. The molecule has 2 aromatic rings. The van der Waals surface area contributed by atoms with E-state index in [-0.39, 0.29) is 5.56 Å². The van der Waals surface area contributed by atoms with E-state index >= 15 is 0 Å². The first-order chi connectivity index (χ1) is 10.1. The number of aromatic nitrogens is 1. The Hall–Kier alpha value is -0.720. The van der Waals surface area contributed by atoms with Crippen LogP contribution < -0.4 is 10.3 Å². The highest BCUT2D eigenvalue weighted by molar-refractivity contribution is 9.10. The van der Waals surface area contributed by atoms with Crippen molar-refractivity contribution in [2.75, 3.05) is 12.2 Å². The predicted octanol–water partition coefficient (Wildman–Crippen LogP) is 4.76. The molecular weight excluding hydrogens is 418 g/mol. The minimum Gasteiger partial charge on any atom is -0.483 e. The Morgan fingerprint density at radius 3 is 2.57 bits per heavy atom. The maximum absolute atomic E-state index is 12.2. The SMILES string of the molecule is CCn1c(-c2ccc(OCSC)cc2Br)ccc(Br)c1=O. The first-order valence-corrected chi connectivity index (χ1v) is 9.37. The van der Waals surface area contributed by atoms with E-state index in [4.69, 9.17) is 4.74 Å². The Morgan fingerprint density at radius 1 is 1.19 bits per heavy atom. The highest BCUT2D eigenvalue weighted by Gasteiger charge is 2.11. The van der Waals surface area contributed by atoms with Crippen molar-refractivity contribution in [2.24, 2.45) is 0 Å². The summed E-state index contributed by atoms with van der Waals surface area (Å²) in [6.45, 7) is 2.58. The number of ether oxygens (including phenoxy) is 1. The molecule has 0 atom stereocenters. The van der Waals surface area contributed by atoms with Crippen LogP contribution in [0.4, 0.5) is 0 Å². The van der Waals surface area contributed by atoms with Crippen LogP contribution in [-0.2, 0) is 6.54 Å². The van der Waals surface area contributed by atoms with Gasteiger partial charge in [-0.25, -0.2) is 0 Å². The average molecular weight is 433 g/mol. The molecule has 0 unspecified atom stereocenters. The Morgan fingerprint density at radius 2 is 1.95 bits per heavy atom. The summed E-state index contributed by atoms with van der Waals surface area (Å²) in [5.41, 5.74) is 1.83. The summed E-state index contributed by atoms with van der Waals surface area (Å²) in [6, 6.07) is 9.54. The predicted molar refractivity (Wildman–Crippen MR) is 96.2 cm³/mol. The molecule has 0 radical (unpaired) electrons. The number of nitrogens with zero attached hydrogens (tertiary/aromatic N) is 1. The van der Waals surface area contributed by atoms with Crippen molar-refractivity contribution >= 4 is 43.6 Å². The second-order valence-corrected chi connectivity index (χ2v) is 6.83. The molecule has 112 valence electrons. The smallest absolute Gasteiger partial charge is 0.265 e. The summed E-state index contributed by atoms with van der Waals surface area (Å²) in [5, 5.41) is 0. The van der Waals surface area contributed by atoms with Crippen LogP contribution in [0.15, 0.2) is 44.1 Å². The molecule has 0 aliphatic carbocycles. The number of pyridine rings is 1. The minimum atomic E-state index is -0.0235. The molecule has 0 amide bonds. The Bertz CT molecular complexity index is 701. The number of hydrogen-bond donors (Lipinski definition) is 0. The molecule has 0 aliphatic rings. The van der Waals surface area contributed by atoms with Gasteiger partial charge in [0.25, 0.3) is 5.56 Å². The van der Waals surface area contributed by atoms with Crippen molar-refractivity contribution in [3.05, 3.63) is 49.6 Å². The fraction of sp³-hybridized carbons (Fsp3) is 0.267. The van der Waals surface area contributed by atoms with Crippen LogP contribution in [0.1, 0.15) is 6.92 Å². The lowest BCUT2D eigenvalue weighted by Crippen LogP contribution is -2.21. The zero-order valence-electron chi connectivity index (χ0n) is 11.7. The minimum absolute atomic E-state index is 0.0235. The van der Waals surface area contributed by atoms with Gasteiger partial charge in [0.2, 0.25) is 0 Å². The summed E-state index contributed by atoms with van der Waals surface area (Å²) in [7, 11) is 0. The van der Waals surface area contributed by atoms with Crippen molar-refractivity contribution in [3.8, 4) is 17.0 Å². The van der Waals surface area contributed by atoms with Crippen molar-refractivity contribution in [2.45, 2.75) is 13.5 Å². The number of halogens is 2. The molecule has 6 heteroatoms. The monoisotopic (exact) mass is 431 g/mol.